The van der Waals surface area contributed by atoms with E-state index in [-0.39, 0.29) is 5.91 Å². The number of rotatable bonds is 3. The number of thiazole rings is 1. The van der Waals surface area contributed by atoms with Crippen LogP contribution in [-0.2, 0) is 0 Å². The van der Waals surface area contributed by atoms with Crippen LogP contribution >= 0.6 is 11.3 Å². The molecule has 0 unspecified atom stereocenters. The van der Waals surface area contributed by atoms with Crippen molar-refractivity contribution in [2.45, 2.75) is 12.5 Å². The predicted octanol–water partition coefficient (Wildman–Crippen LogP) is 2.03. The van der Waals surface area contributed by atoms with Crippen LogP contribution in [0.25, 0.3) is 10.6 Å². The largest absolute Gasteiger partial charge is 0.497 e. The summed E-state index contributed by atoms with van der Waals surface area (Å²) in [6.07, 6.45) is 1.86. The first kappa shape index (κ1) is 14.0. The first-order valence-electron chi connectivity index (χ1n) is 6.75. The maximum atomic E-state index is 12.3. The Hall–Kier alpha value is -1.92. The number of aliphatic hydroxyl groups excluding tert-OH is 1. The van der Waals surface area contributed by atoms with Crippen LogP contribution in [-0.4, -0.2) is 47.2 Å². The van der Waals surface area contributed by atoms with Gasteiger partial charge in [-0.15, -0.1) is 11.3 Å². The molecule has 110 valence electrons. The number of methoxy groups -OCH3 is 1. The minimum Gasteiger partial charge on any atom is -0.497 e. The van der Waals surface area contributed by atoms with E-state index in [1.807, 2.05) is 24.3 Å². The van der Waals surface area contributed by atoms with Crippen LogP contribution < -0.4 is 4.74 Å². The lowest BCUT2D eigenvalue weighted by Gasteiger charge is -2.13. The maximum Gasteiger partial charge on any atom is 0.265 e. The summed E-state index contributed by atoms with van der Waals surface area (Å²) in [4.78, 5) is 18.9. The molecule has 0 spiro atoms. The van der Waals surface area contributed by atoms with E-state index in [2.05, 4.69) is 4.98 Å². The second kappa shape index (κ2) is 5.83. The minimum absolute atomic E-state index is 0.0520. The quantitative estimate of drug-likeness (QED) is 0.942. The molecule has 1 atom stereocenters. The molecule has 3 rings (SSSR count). The van der Waals surface area contributed by atoms with Crippen molar-refractivity contribution < 1.29 is 14.6 Å². The number of carbonyl (C=O) groups excluding carboxylic acids is 1. The number of benzene rings is 1. The van der Waals surface area contributed by atoms with Gasteiger partial charge >= 0.3 is 0 Å². The summed E-state index contributed by atoms with van der Waals surface area (Å²) in [6.45, 7) is 1.02. The van der Waals surface area contributed by atoms with Gasteiger partial charge in [0, 0.05) is 18.7 Å². The predicted molar refractivity (Wildman–Crippen MR) is 80.6 cm³/mol. The summed E-state index contributed by atoms with van der Waals surface area (Å²) in [7, 11) is 1.62. The van der Waals surface area contributed by atoms with E-state index in [0.717, 1.165) is 16.3 Å². The fourth-order valence-corrected chi connectivity index (χ4v) is 3.21. The fourth-order valence-electron chi connectivity index (χ4n) is 2.32. The summed E-state index contributed by atoms with van der Waals surface area (Å²) in [5, 5.41) is 10.3. The molecule has 1 aliphatic heterocycles. The molecule has 2 aromatic rings. The van der Waals surface area contributed by atoms with Crippen molar-refractivity contribution in [2.75, 3.05) is 20.2 Å². The molecule has 0 saturated carbocycles. The zero-order valence-electron chi connectivity index (χ0n) is 11.7. The van der Waals surface area contributed by atoms with E-state index in [1.165, 1.54) is 11.3 Å². The number of ether oxygens (including phenoxy) is 1. The van der Waals surface area contributed by atoms with E-state index < -0.39 is 6.10 Å². The molecule has 6 heteroatoms. The number of nitrogens with zero attached hydrogens (tertiary/aromatic N) is 2. The molecule has 21 heavy (non-hydrogen) atoms. The Morgan fingerprint density at radius 3 is 2.81 bits per heavy atom. The third-order valence-corrected chi connectivity index (χ3v) is 4.54. The van der Waals surface area contributed by atoms with Gasteiger partial charge in [-0.1, -0.05) is 0 Å². The number of carbonyl (C=O) groups is 1. The molecule has 1 saturated heterocycles. The van der Waals surface area contributed by atoms with Crippen molar-refractivity contribution >= 4 is 17.2 Å². The molecule has 1 aromatic heterocycles. The van der Waals surface area contributed by atoms with Gasteiger partial charge in [0.2, 0.25) is 0 Å². The molecule has 0 bridgehead atoms. The van der Waals surface area contributed by atoms with E-state index in [9.17, 15) is 9.90 Å². The average Bonchev–Trinajstić information content (AvgIpc) is 3.16. The molecule has 5 nitrogen and oxygen atoms in total. The summed E-state index contributed by atoms with van der Waals surface area (Å²) in [5.74, 6) is 0.737. The van der Waals surface area contributed by atoms with E-state index in [1.54, 1.807) is 18.2 Å². The summed E-state index contributed by atoms with van der Waals surface area (Å²) in [6, 6.07) is 7.58. The highest BCUT2D eigenvalue weighted by molar-refractivity contribution is 7.16. The minimum atomic E-state index is -0.400. The summed E-state index contributed by atoms with van der Waals surface area (Å²) < 4.78 is 5.12. The second-order valence-corrected chi connectivity index (χ2v) is 5.98. The number of aliphatic hydroxyl groups is 1. The Bertz CT molecular complexity index is 639. The lowest BCUT2D eigenvalue weighted by Crippen LogP contribution is -2.28. The van der Waals surface area contributed by atoms with Crippen LogP contribution in [0.5, 0.6) is 5.75 Å². The highest BCUT2D eigenvalue weighted by Crippen LogP contribution is 2.28. The van der Waals surface area contributed by atoms with Gasteiger partial charge in [-0.2, -0.15) is 0 Å². The number of amides is 1. The monoisotopic (exact) mass is 304 g/mol. The third kappa shape index (κ3) is 2.91. The molecule has 1 amide bonds. The van der Waals surface area contributed by atoms with Gasteiger partial charge in [-0.25, -0.2) is 4.98 Å². The van der Waals surface area contributed by atoms with Crippen molar-refractivity contribution in [2.24, 2.45) is 0 Å². The van der Waals surface area contributed by atoms with Crippen LogP contribution in [0.4, 0.5) is 0 Å². The number of β-amino-alcohol motifs (C(OH)–C–C–N with tert-alkyl or cyclic N) is 1. The Morgan fingerprint density at radius 2 is 2.19 bits per heavy atom. The van der Waals surface area contributed by atoms with Crippen molar-refractivity contribution in [1.29, 1.82) is 0 Å². The molecule has 1 aromatic carbocycles. The topological polar surface area (TPSA) is 62.7 Å². The molecular formula is C15H16N2O3S. The first-order chi connectivity index (χ1) is 10.2. The van der Waals surface area contributed by atoms with E-state index in [4.69, 9.17) is 4.74 Å². The highest BCUT2D eigenvalue weighted by atomic mass is 32.1. The van der Waals surface area contributed by atoms with Crippen LogP contribution in [0.2, 0.25) is 0 Å². The second-order valence-electron chi connectivity index (χ2n) is 4.95. The van der Waals surface area contributed by atoms with Gasteiger partial charge in [-0.05, 0) is 30.7 Å². The molecular weight excluding hydrogens is 288 g/mol. The van der Waals surface area contributed by atoms with Crippen molar-refractivity contribution in [3.8, 4) is 16.3 Å². The van der Waals surface area contributed by atoms with Crippen LogP contribution in [0.15, 0.2) is 30.5 Å². The lowest BCUT2D eigenvalue weighted by molar-refractivity contribution is 0.0769. The zero-order valence-corrected chi connectivity index (χ0v) is 12.5. The van der Waals surface area contributed by atoms with Crippen LogP contribution in [0.1, 0.15) is 16.1 Å². The summed E-state index contributed by atoms with van der Waals surface area (Å²) in [5.41, 5.74) is 0.960. The number of aromatic nitrogens is 1. The Labute approximate surface area is 126 Å². The van der Waals surface area contributed by atoms with Crippen molar-refractivity contribution in [3.05, 3.63) is 35.3 Å². The van der Waals surface area contributed by atoms with Gasteiger partial charge in [0.15, 0.2) is 0 Å². The number of hydrogen-bond acceptors (Lipinski definition) is 5. The number of hydrogen-bond donors (Lipinski definition) is 1. The molecule has 0 radical (unpaired) electrons. The highest BCUT2D eigenvalue weighted by Gasteiger charge is 2.26. The first-order valence-corrected chi connectivity index (χ1v) is 7.56. The Balaban J connectivity index is 1.77. The molecule has 2 heterocycles. The van der Waals surface area contributed by atoms with Gasteiger partial charge in [0.25, 0.3) is 5.91 Å². The Kier molecular flexibility index (Phi) is 3.90. The van der Waals surface area contributed by atoms with Gasteiger partial charge in [0.05, 0.1) is 19.4 Å². The van der Waals surface area contributed by atoms with Gasteiger partial charge < -0.3 is 14.7 Å². The third-order valence-electron chi connectivity index (χ3n) is 3.50. The van der Waals surface area contributed by atoms with Crippen LogP contribution in [0, 0.1) is 0 Å². The molecule has 1 aliphatic rings. The molecule has 1 fully saturated rings. The normalized spacial score (nSPS) is 18.0. The lowest BCUT2D eigenvalue weighted by atomic mass is 10.2. The van der Waals surface area contributed by atoms with Crippen molar-refractivity contribution in [1.82, 2.24) is 9.88 Å². The standard InChI is InChI=1S/C15H16N2O3S/c1-20-12-4-2-10(3-5-12)14-16-8-13(21-14)15(19)17-7-6-11(18)9-17/h2-5,8,11,18H,6-7,9H2,1H3/t11-/m1/s1. The van der Waals surface area contributed by atoms with E-state index in [0.29, 0.717) is 24.4 Å². The molecule has 1 N–H and O–H groups in total. The smallest absolute Gasteiger partial charge is 0.265 e. The van der Waals surface area contributed by atoms with E-state index >= 15 is 0 Å². The molecule has 0 aliphatic carbocycles. The zero-order chi connectivity index (χ0) is 14.8. The Morgan fingerprint density at radius 1 is 1.43 bits per heavy atom. The average molecular weight is 304 g/mol. The van der Waals surface area contributed by atoms with Crippen LogP contribution in [0.3, 0.4) is 0 Å². The SMILES string of the molecule is COc1ccc(-c2ncc(C(=O)N3CC[C@@H](O)C3)s2)cc1. The fraction of sp³-hybridized carbons (Fsp3) is 0.333. The van der Waals surface area contributed by atoms with Gasteiger partial charge in [-0.3, -0.25) is 4.79 Å². The maximum absolute atomic E-state index is 12.3. The summed E-state index contributed by atoms with van der Waals surface area (Å²) >= 11 is 1.37. The van der Waals surface area contributed by atoms with Gasteiger partial charge in [0.1, 0.15) is 15.6 Å². The number of likely N-dealkylation sites (tertiary alicyclic amines) is 1. The van der Waals surface area contributed by atoms with Crippen molar-refractivity contribution in [3.63, 3.8) is 0 Å².